The molecule has 2 heterocycles. The number of aliphatic hydroxyl groups is 1. The molecule has 2 aromatic rings. The maximum Gasteiger partial charge on any atom is 0.191 e. The van der Waals surface area contributed by atoms with Crippen LogP contribution in [-0.4, -0.2) is 50.5 Å². The molecule has 30 heavy (non-hydrogen) atoms. The number of furan rings is 1. The highest BCUT2D eigenvalue weighted by molar-refractivity contribution is 14.0. The summed E-state index contributed by atoms with van der Waals surface area (Å²) >= 11 is 0. The first-order valence-corrected chi connectivity index (χ1v) is 9.89. The van der Waals surface area contributed by atoms with Gasteiger partial charge in [-0.2, -0.15) is 0 Å². The van der Waals surface area contributed by atoms with Crippen LogP contribution in [0.5, 0.6) is 0 Å². The van der Waals surface area contributed by atoms with E-state index in [-0.39, 0.29) is 36.3 Å². The van der Waals surface area contributed by atoms with Crippen molar-refractivity contribution >= 4 is 35.6 Å². The standard InChI is InChI=1S/C21H29FN4O3.HI/c1-3-23-20(25-15-21(2,27)19-5-4-10-29-19)24-14-16-6-7-18(17(22)13-16)26-8-11-28-12-9-26;/h4-7,10,13,27H,3,8-9,11-12,14-15H2,1-2H3,(H2,23,24,25);1H. The van der Waals surface area contributed by atoms with Crippen molar-refractivity contribution in [3.05, 3.63) is 53.7 Å². The molecule has 0 bridgehead atoms. The zero-order chi connectivity index (χ0) is 20.7. The third-order valence-electron chi connectivity index (χ3n) is 4.78. The molecule has 0 aliphatic carbocycles. The molecule has 1 fully saturated rings. The Labute approximate surface area is 193 Å². The van der Waals surface area contributed by atoms with E-state index >= 15 is 0 Å². The minimum Gasteiger partial charge on any atom is -0.466 e. The number of halogens is 2. The lowest BCUT2D eigenvalue weighted by Gasteiger charge is -2.29. The Kier molecular flexibility index (Phi) is 9.37. The van der Waals surface area contributed by atoms with E-state index in [1.54, 1.807) is 25.1 Å². The highest BCUT2D eigenvalue weighted by Gasteiger charge is 2.26. The van der Waals surface area contributed by atoms with Crippen LogP contribution in [0, 0.1) is 5.82 Å². The molecule has 3 rings (SSSR count). The van der Waals surface area contributed by atoms with Gasteiger partial charge in [-0.25, -0.2) is 9.38 Å². The van der Waals surface area contributed by atoms with Gasteiger partial charge >= 0.3 is 0 Å². The van der Waals surface area contributed by atoms with E-state index in [0.29, 0.717) is 56.8 Å². The largest absolute Gasteiger partial charge is 0.466 e. The van der Waals surface area contributed by atoms with Gasteiger partial charge in [0.15, 0.2) is 5.96 Å². The first kappa shape index (κ1) is 24.4. The fourth-order valence-electron chi connectivity index (χ4n) is 3.15. The van der Waals surface area contributed by atoms with Crippen molar-refractivity contribution in [2.24, 2.45) is 4.99 Å². The number of nitrogens with one attached hydrogen (secondary N) is 2. The maximum absolute atomic E-state index is 14.6. The van der Waals surface area contributed by atoms with Crippen molar-refractivity contribution in [2.45, 2.75) is 26.0 Å². The van der Waals surface area contributed by atoms with Crippen LogP contribution in [0.25, 0.3) is 0 Å². The molecule has 3 N–H and O–H groups in total. The summed E-state index contributed by atoms with van der Waals surface area (Å²) in [5, 5.41) is 16.8. The Bertz CT molecular complexity index is 809. The summed E-state index contributed by atoms with van der Waals surface area (Å²) in [6.45, 7) is 7.45. The predicted octanol–water partition coefficient (Wildman–Crippen LogP) is 2.84. The highest BCUT2D eigenvalue weighted by atomic mass is 127. The third-order valence-corrected chi connectivity index (χ3v) is 4.78. The van der Waals surface area contributed by atoms with Gasteiger partial charge in [0.25, 0.3) is 0 Å². The second-order valence-corrected chi connectivity index (χ2v) is 7.19. The van der Waals surface area contributed by atoms with Crippen molar-refractivity contribution in [3.63, 3.8) is 0 Å². The Morgan fingerprint density at radius 2 is 2.03 bits per heavy atom. The topological polar surface area (TPSA) is 82.3 Å². The number of morpholine rings is 1. The number of anilines is 1. The molecule has 1 saturated heterocycles. The van der Waals surface area contributed by atoms with Gasteiger partial charge in [-0.1, -0.05) is 6.07 Å². The molecular weight excluding hydrogens is 502 g/mol. The summed E-state index contributed by atoms with van der Waals surface area (Å²) in [6, 6.07) is 8.67. The summed E-state index contributed by atoms with van der Waals surface area (Å²) in [7, 11) is 0. The van der Waals surface area contributed by atoms with E-state index in [0.717, 1.165) is 5.56 Å². The van der Waals surface area contributed by atoms with Crippen LogP contribution in [0.1, 0.15) is 25.2 Å². The zero-order valence-corrected chi connectivity index (χ0v) is 19.7. The number of ether oxygens (including phenoxy) is 1. The van der Waals surface area contributed by atoms with E-state index in [4.69, 9.17) is 9.15 Å². The minimum absolute atomic E-state index is 0. The van der Waals surface area contributed by atoms with Gasteiger partial charge in [0, 0.05) is 19.6 Å². The van der Waals surface area contributed by atoms with Gasteiger partial charge in [-0.15, -0.1) is 24.0 Å². The predicted molar refractivity (Wildman–Crippen MR) is 126 cm³/mol. The van der Waals surface area contributed by atoms with Gasteiger partial charge in [-0.05, 0) is 43.7 Å². The molecule has 9 heteroatoms. The molecule has 1 aliphatic rings. The number of rotatable bonds is 7. The Balaban J connectivity index is 0.00000320. The van der Waals surface area contributed by atoms with Crippen LogP contribution in [-0.2, 0) is 16.9 Å². The fraction of sp³-hybridized carbons (Fsp3) is 0.476. The second kappa shape index (κ2) is 11.5. The molecule has 0 amide bonds. The first-order valence-electron chi connectivity index (χ1n) is 9.89. The minimum atomic E-state index is -1.17. The van der Waals surface area contributed by atoms with Crippen molar-refractivity contribution in [1.82, 2.24) is 10.6 Å². The van der Waals surface area contributed by atoms with Crippen LogP contribution >= 0.6 is 24.0 Å². The highest BCUT2D eigenvalue weighted by Crippen LogP contribution is 2.22. The number of nitrogens with zero attached hydrogens (tertiary/aromatic N) is 2. The number of hydrogen-bond acceptors (Lipinski definition) is 5. The Morgan fingerprint density at radius 3 is 2.67 bits per heavy atom. The first-order chi connectivity index (χ1) is 14.0. The molecule has 1 unspecified atom stereocenters. The van der Waals surface area contributed by atoms with Crippen LogP contribution in [0.15, 0.2) is 46.0 Å². The van der Waals surface area contributed by atoms with Crippen molar-refractivity contribution in [1.29, 1.82) is 0 Å². The SMILES string of the molecule is CCNC(=NCc1ccc(N2CCOCC2)c(F)c1)NCC(C)(O)c1ccco1.I. The van der Waals surface area contributed by atoms with E-state index in [1.165, 1.54) is 12.3 Å². The molecule has 0 radical (unpaired) electrons. The average Bonchev–Trinajstić information content (AvgIpc) is 3.27. The Morgan fingerprint density at radius 1 is 1.27 bits per heavy atom. The number of aliphatic imine (C=N–C) groups is 1. The molecule has 1 aromatic heterocycles. The maximum atomic E-state index is 14.6. The normalized spacial score (nSPS) is 16.5. The number of guanidine groups is 1. The van der Waals surface area contributed by atoms with E-state index < -0.39 is 5.60 Å². The summed E-state index contributed by atoms with van der Waals surface area (Å²) in [5.41, 5.74) is 0.195. The second-order valence-electron chi connectivity index (χ2n) is 7.19. The van der Waals surface area contributed by atoms with Crippen molar-refractivity contribution in [3.8, 4) is 0 Å². The lowest BCUT2D eigenvalue weighted by Crippen LogP contribution is -2.44. The fourth-order valence-corrected chi connectivity index (χ4v) is 3.15. The summed E-state index contributed by atoms with van der Waals surface area (Å²) in [6.07, 6.45) is 1.53. The molecular formula is C21H30FIN4O3. The quantitative estimate of drug-likeness (QED) is 0.289. The van der Waals surface area contributed by atoms with Crippen molar-refractivity contribution in [2.75, 3.05) is 44.3 Å². The number of benzene rings is 1. The molecule has 1 aromatic carbocycles. The lowest BCUT2D eigenvalue weighted by atomic mass is 10.0. The summed E-state index contributed by atoms with van der Waals surface area (Å²) < 4.78 is 25.2. The van der Waals surface area contributed by atoms with Gasteiger partial charge in [-0.3, -0.25) is 0 Å². The van der Waals surface area contributed by atoms with Gasteiger partial charge in [0.2, 0.25) is 0 Å². The summed E-state index contributed by atoms with van der Waals surface area (Å²) in [4.78, 5) is 6.50. The van der Waals surface area contributed by atoms with E-state index in [1.807, 2.05) is 17.9 Å². The molecule has 1 aliphatic heterocycles. The van der Waals surface area contributed by atoms with Crippen LogP contribution in [0.2, 0.25) is 0 Å². The summed E-state index contributed by atoms with van der Waals surface area (Å²) in [5.74, 6) is 0.761. The Hall–Kier alpha value is -1.85. The van der Waals surface area contributed by atoms with Crippen LogP contribution < -0.4 is 15.5 Å². The molecule has 0 saturated carbocycles. The smallest absolute Gasteiger partial charge is 0.191 e. The molecule has 1 atom stereocenters. The van der Waals surface area contributed by atoms with Gasteiger partial charge in [0.05, 0.1) is 38.3 Å². The van der Waals surface area contributed by atoms with Gasteiger partial charge in [0.1, 0.15) is 17.2 Å². The lowest BCUT2D eigenvalue weighted by molar-refractivity contribution is 0.0386. The molecule has 166 valence electrons. The van der Waals surface area contributed by atoms with E-state index in [9.17, 15) is 9.50 Å². The zero-order valence-electron chi connectivity index (χ0n) is 17.4. The van der Waals surface area contributed by atoms with Crippen molar-refractivity contribution < 1.29 is 18.7 Å². The number of hydrogen-bond donors (Lipinski definition) is 3. The third kappa shape index (κ3) is 6.58. The molecule has 0 spiro atoms. The van der Waals surface area contributed by atoms with Gasteiger partial charge < -0.3 is 29.8 Å². The van der Waals surface area contributed by atoms with Crippen LogP contribution in [0.4, 0.5) is 10.1 Å². The average molecular weight is 532 g/mol. The monoisotopic (exact) mass is 532 g/mol. The van der Waals surface area contributed by atoms with Crippen LogP contribution in [0.3, 0.4) is 0 Å². The van der Waals surface area contributed by atoms with E-state index in [2.05, 4.69) is 15.6 Å². The molecule has 7 nitrogen and oxygen atoms in total.